The summed E-state index contributed by atoms with van der Waals surface area (Å²) in [7, 11) is 0. The number of benzene rings is 1. The Morgan fingerprint density at radius 2 is 1.70 bits per heavy atom. The number of carbonyl (C=O) groups excluding carboxylic acids is 1. The van der Waals surface area contributed by atoms with E-state index in [9.17, 15) is 31.1 Å². The second-order valence-electron chi connectivity index (χ2n) is 4.32. The Balaban J connectivity index is 2.46. The number of hydrogen-bond acceptors (Lipinski definition) is 3. The van der Waals surface area contributed by atoms with Crippen molar-refractivity contribution in [1.29, 1.82) is 0 Å². The average molecular weight is 335 g/mol. The normalized spacial score (nSPS) is 12.1. The minimum atomic E-state index is -4.91. The number of alkyl halides is 6. The molecule has 0 saturated carbocycles. The molecule has 1 heterocycles. The summed E-state index contributed by atoms with van der Waals surface area (Å²) in [6, 6.07) is 6.11. The molecule has 0 spiro atoms. The Labute approximate surface area is 125 Å². The smallest absolute Gasteiger partial charge is 0.406 e. The lowest BCUT2D eigenvalue weighted by Crippen LogP contribution is -2.17. The average Bonchev–Trinajstić information content (AvgIpc) is 2.44. The van der Waals surface area contributed by atoms with Crippen molar-refractivity contribution in [2.75, 3.05) is 0 Å². The zero-order valence-corrected chi connectivity index (χ0v) is 11.1. The van der Waals surface area contributed by atoms with E-state index in [0.29, 0.717) is 6.07 Å². The quantitative estimate of drug-likeness (QED) is 0.613. The fourth-order valence-electron chi connectivity index (χ4n) is 1.83. The van der Waals surface area contributed by atoms with E-state index in [1.165, 1.54) is 12.1 Å². The van der Waals surface area contributed by atoms with E-state index in [-0.39, 0.29) is 17.4 Å². The van der Waals surface area contributed by atoms with Gasteiger partial charge in [-0.3, -0.25) is 4.79 Å². The maximum absolute atomic E-state index is 12.6. The Morgan fingerprint density at radius 3 is 2.26 bits per heavy atom. The van der Waals surface area contributed by atoms with Gasteiger partial charge in [0, 0.05) is 5.56 Å². The van der Waals surface area contributed by atoms with Crippen LogP contribution in [0.3, 0.4) is 0 Å². The van der Waals surface area contributed by atoms with Crippen LogP contribution in [0.5, 0.6) is 5.75 Å². The molecule has 0 amide bonds. The molecule has 2 aromatic rings. The molecule has 0 aliphatic rings. The highest BCUT2D eigenvalue weighted by Gasteiger charge is 2.33. The fourth-order valence-corrected chi connectivity index (χ4v) is 1.83. The van der Waals surface area contributed by atoms with Gasteiger partial charge in [-0.15, -0.1) is 13.2 Å². The molecule has 23 heavy (non-hydrogen) atoms. The molecule has 0 N–H and O–H groups in total. The molecule has 0 saturated heterocycles. The van der Waals surface area contributed by atoms with Gasteiger partial charge in [0.2, 0.25) is 0 Å². The molecular weight excluding hydrogens is 328 g/mol. The van der Waals surface area contributed by atoms with E-state index in [2.05, 4.69) is 9.72 Å². The number of halogens is 6. The Hall–Kier alpha value is -2.58. The number of aldehydes is 1. The van der Waals surface area contributed by atoms with Gasteiger partial charge in [0.15, 0.2) is 6.29 Å². The Morgan fingerprint density at radius 1 is 1.00 bits per heavy atom. The van der Waals surface area contributed by atoms with Crippen LogP contribution >= 0.6 is 0 Å². The SMILES string of the molecule is O=Cc1nc(C(F)(F)F)ccc1-c1cccc(OC(F)(F)F)c1. The van der Waals surface area contributed by atoms with Crippen molar-refractivity contribution in [2.45, 2.75) is 12.5 Å². The van der Waals surface area contributed by atoms with Crippen molar-refractivity contribution in [2.24, 2.45) is 0 Å². The van der Waals surface area contributed by atoms with Crippen molar-refractivity contribution >= 4 is 6.29 Å². The monoisotopic (exact) mass is 335 g/mol. The second-order valence-corrected chi connectivity index (χ2v) is 4.32. The number of hydrogen-bond donors (Lipinski definition) is 0. The molecule has 0 aliphatic heterocycles. The summed E-state index contributed by atoms with van der Waals surface area (Å²) in [4.78, 5) is 14.1. The summed E-state index contributed by atoms with van der Waals surface area (Å²) in [5, 5.41) is 0. The van der Waals surface area contributed by atoms with E-state index < -0.39 is 29.7 Å². The minimum absolute atomic E-state index is 0.0411. The first-order chi connectivity index (χ1) is 10.6. The van der Waals surface area contributed by atoms with Gasteiger partial charge in [-0.05, 0) is 29.8 Å². The number of ether oxygens (including phenoxy) is 1. The van der Waals surface area contributed by atoms with E-state index >= 15 is 0 Å². The highest BCUT2D eigenvalue weighted by molar-refractivity contribution is 5.85. The molecule has 0 radical (unpaired) electrons. The molecule has 1 aromatic heterocycles. The topological polar surface area (TPSA) is 39.2 Å². The lowest BCUT2D eigenvalue weighted by molar-refractivity contribution is -0.274. The number of aromatic nitrogens is 1. The maximum Gasteiger partial charge on any atom is 0.573 e. The fraction of sp³-hybridized carbons (Fsp3) is 0.143. The summed E-state index contributed by atoms with van der Waals surface area (Å²) in [6.07, 6.45) is -9.55. The van der Waals surface area contributed by atoms with Gasteiger partial charge in [0.25, 0.3) is 0 Å². The van der Waals surface area contributed by atoms with Gasteiger partial charge in [-0.25, -0.2) is 4.98 Å². The van der Waals surface area contributed by atoms with Crippen LogP contribution in [0.25, 0.3) is 11.1 Å². The van der Waals surface area contributed by atoms with E-state index in [4.69, 9.17) is 0 Å². The predicted octanol–water partition coefficient (Wildman–Crippen LogP) is 4.48. The summed E-state index contributed by atoms with van der Waals surface area (Å²) in [6.45, 7) is 0. The van der Waals surface area contributed by atoms with E-state index in [1.54, 1.807) is 0 Å². The largest absolute Gasteiger partial charge is 0.573 e. The number of nitrogens with zero attached hydrogens (tertiary/aromatic N) is 1. The lowest BCUT2D eigenvalue weighted by Gasteiger charge is -2.12. The molecule has 3 nitrogen and oxygen atoms in total. The van der Waals surface area contributed by atoms with Gasteiger partial charge < -0.3 is 4.74 Å². The molecule has 0 fully saturated rings. The zero-order valence-electron chi connectivity index (χ0n) is 11.1. The van der Waals surface area contributed by atoms with Crippen LogP contribution in [0.4, 0.5) is 26.3 Å². The minimum Gasteiger partial charge on any atom is -0.406 e. The first-order valence-corrected chi connectivity index (χ1v) is 6.00. The number of carbonyl (C=O) groups is 1. The molecule has 0 aliphatic carbocycles. The first-order valence-electron chi connectivity index (χ1n) is 6.00. The van der Waals surface area contributed by atoms with Crippen LogP contribution in [0, 0.1) is 0 Å². The van der Waals surface area contributed by atoms with Gasteiger partial charge in [-0.1, -0.05) is 12.1 Å². The third-order valence-corrected chi connectivity index (χ3v) is 2.71. The highest BCUT2D eigenvalue weighted by Crippen LogP contribution is 2.32. The van der Waals surface area contributed by atoms with Gasteiger partial charge >= 0.3 is 12.5 Å². The highest BCUT2D eigenvalue weighted by atomic mass is 19.4. The Bertz CT molecular complexity index is 724. The molecule has 0 bridgehead atoms. The van der Waals surface area contributed by atoms with Crippen LogP contribution < -0.4 is 4.74 Å². The molecule has 9 heteroatoms. The van der Waals surface area contributed by atoms with Crippen molar-refractivity contribution in [1.82, 2.24) is 4.98 Å². The standard InChI is InChI=1S/C14H7F6NO2/c15-13(16,17)12-5-4-10(11(7-22)21-12)8-2-1-3-9(6-8)23-14(18,19)20/h1-7H. The second kappa shape index (κ2) is 5.90. The molecule has 1 aromatic carbocycles. The molecule has 122 valence electrons. The van der Waals surface area contributed by atoms with Crippen molar-refractivity contribution in [3.8, 4) is 16.9 Å². The van der Waals surface area contributed by atoms with Crippen molar-refractivity contribution < 1.29 is 35.9 Å². The van der Waals surface area contributed by atoms with Crippen LogP contribution in [0.1, 0.15) is 16.2 Å². The van der Waals surface area contributed by atoms with Crippen LogP contribution in [-0.4, -0.2) is 17.6 Å². The van der Waals surface area contributed by atoms with Gasteiger partial charge in [0.1, 0.15) is 17.1 Å². The number of pyridine rings is 1. The molecular formula is C14H7F6NO2. The first kappa shape index (κ1) is 16.8. The summed E-state index contributed by atoms with van der Waals surface area (Å²) >= 11 is 0. The third-order valence-electron chi connectivity index (χ3n) is 2.71. The number of rotatable bonds is 3. The van der Waals surface area contributed by atoms with E-state index in [1.807, 2.05) is 0 Å². The molecule has 0 unspecified atom stereocenters. The van der Waals surface area contributed by atoms with Gasteiger partial charge in [-0.2, -0.15) is 13.2 Å². The summed E-state index contributed by atoms with van der Waals surface area (Å²) < 4.78 is 78.0. The van der Waals surface area contributed by atoms with Crippen molar-refractivity contribution in [3.05, 3.63) is 47.8 Å². The predicted molar refractivity (Wildman–Crippen MR) is 66.7 cm³/mol. The third kappa shape index (κ3) is 4.21. The van der Waals surface area contributed by atoms with Crippen molar-refractivity contribution in [3.63, 3.8) is 0 Å². The van der Waals surface area contributed by atoms with Crippen LogP contribution in [0.2, 0.25) is 0 Å². The van der Waals surface area contributed by atoms with Gasteiger partial charge in [0.05, 0.1) is 0 Å². The molecule has 2 rings (SSSR count). The summed E-state index contributed by atoms with van der Waals surface area (Å²) in [5.41, 5.74) is -1.79. The van der Waals surface area contributed by atoms with Crippen LogP contribution in [0.15, 0.2) is 36.4 Å². The zero-order chi connectivity index (χ0) is 17.3. The van der Waals surface area contributed by atoms with Crippen LogP contribution in [-0.2, 0) is 6.18 Å². The maximum atomic E-state index is 12.6. The summed E-state index contributed by atoms with van der Waals surface area (Å²) in [5.74, 6) is -0.563. The Kier molecular flexibility index (Phi) is 4.31. The molecule has 0 atom stereocenters. The van der Waals surface area contributed by atoms with E-state index in [0.717, 1.165) is 18.2 Å². The lowest BCUT2D eigenvalue weighted by atomic mass is 10.0.